The Morgan fingerprint density at radius 3 is 2.79 bits per heavy atom. The first-order chi connectivity index (χ1) is 8.79. The molecule has 7 heteroatoms. The summed E-state index contributed by atoms with van der Waals surface area (Å²) in [6.45, 7) is 0.493. The highest BCUT2D eigenvalue weighted by Crippen LogP contribution is 2.11. The third-order valence-corrected chi connectivity index (χ3v) is 2.40. The number of nitrogens with zero attached hydrogens (tertiary/aromatic N) is 4. The second kappa shape index (κ2) is 7.38. The lowest BCUT2D eigenvalue weighted by molar-refractivity contribution is -0.752. The number of aromatic nitrogens is 4. The van der Waals surface area contributed by atoms with Crippen LogP contribution in [0.1, 0.15) is 6.42 Å². The molecular weight excluding hydrogens is 268 g/mol. The van der Waals surface area contributed by atoms with E-state index in [4.69, 9.17) is 0 Å². The van der Waals surface area contributed by atoms with Gasteiger partial charge in [0.2, 0.25) is 0 Å². The summed E-state index contributed by atoms with van der Waals surface area (Å²) in [5.74, 6) is -0.248. The topological polar surface area (TPSA) is 68.8 Å². The molecule has 100 valence electrons. The quantitative estimate of drug-likeness (QED) is 0.454. The molecule has 0 radical (unpaired) electrons. The van der Waals surface area contributed by atoms with Crippen LogP contribution in [-0.4, -0.2) is 28.1 Å². The molecule has 2 rings (SSSR count). The van der Waals surface area contributed by atoms with Gasteiger partial charge < -0.3 is 17.1 Å². The number of hydrogen-bond acceptors (Lipinski definition) is 5. The number of hydrogen-bond donors (Lipinski definition) is 0. The molecular formula is C12H13ClN4O2. The Hall–Kier alpha value is -2.08. The van der Waals surface area contributed by atoms with Crippen molar-refractivity contribution in [1.82, 2.24) is 15.1 Å². The zero-order valence-electron chi connectivity index (χ0n) is 10.4. The standard InChI is InChI=1S/C12H13N4O2.ClH/c1-18-12(17)3-7-16-6-2-10(8-15-16)11-9-13-4-5-14-11;/h2,4-6,8-9H,3,7H2,1H3;1H/q+1;/p-1. The van der Waals surface area contributed by atoms with E-state index in [1.807, 2.05) is 6.07 Å². The number of rotatable bonds is 4. The molecule has 0 aromatic carbocycles. The Bertz CT molecular complexity index is 519. The van der Waals surface area contributed by atoms with Crippen molar-refractivity contribution in [2.24, 2.45) is 0 Å². The number of halogens is 1. The molecule has 0 aliphatic heterocycles. The van der Waals surface area contributed by atoms with Crippen LogP contribution < -0.4 is 17.1 Å². The Balaban J connectivity index is 0.00000180. The molecule has 0 fully saturated rings. The molecule has 2 aromatic heterocycles. The molecule has 0 spiro atoms. The van der Waals surface area contributed by atoms with E-state index in [0.717, 1.165) is 11.3 Å². The predicted octanol–water partition coefficient (Wildman–Crippen LogP) is -2.61. The second-order valence-corrected chi connectivity index (χ2v) is 3.60. The first-order valence-corrected chi connectivity index (χ1v) is 5.48. The van der Waals surface area contributed by atoms with Crippen LogP contribution in [0, 0.1) is 0 Å². The fraction of sp³-hybridized carbons (Fsp3) is 0.250. The maximum Gasteiger partial charge on any atom is 0.312 e. The largest absolute Gasteiger partial charge is 1.00 e. The number of aryl methyl sites for hydroxylation is 1. The normalized spacial score (nSPS) is 9.53. The summed E-state index contributed by atoms with van der Waals surface area (Å²) in [5.41, 5.74) is 1.66. The average Bonchev–Trinajstić information content (AvgIpc) is 2.46. The van der Waals surface area contributed by atoms with Gasteiger partial charge in [-0.1, -0.05) is 4.68 Å². The number of methoxy groups -OCH3 is 1. The van der Waals surface area contributed by atoms with Gasteiger partial charge in [0.15, 0.2) is 12.7 Å². The minimum absolute atomic E-state index is 0. The van der Waals surface area contributed by atoms with Crippen LogP contribution in [0.25, 0.3) is 11.3 Å². The molecule has 0 N–H and O–H groups in total. The van der Waals surface area contributed by atoms with Gasteiger partial charge in [-0.2, -0.15) is 0 Å². The summed E-state index contributed by atoms with van der Waals surface area (Å²) in [5, 5.41) is 4.20. The van der Waals surface area contributed by atoms with Gasteiger partial charge in [0.25, 0.3) is 0 Å². The van der Waals surface area contributed by atoms with E-state index in [2.05, 4.69) is 19.8 Å². The van der Waals surface area contributed by atoms with Gasteiger partial charge in [0.1, 0.15) is 12.6 Å². The van der Waals surface area contributed by atoms with Crippen molar-refractivity contribution in [3.8, 4) is 11.3 Å². The average molecular weight is 281 g/mol. The summed E-state index contributed by atoms with van der Waals surface area (Å²) in [4.78, 5) is 19.2. The fourth-order valence-electron chi connectivity index (χ4n) is 1.42. The molecule has 0 saturated carbocycles. The van der Waals surface area contributed by atoms with Crippen molar-refractivity contribution in [2.45, 2.75) is 13.0 Å². The minimum atomic E-state index is -0.248. The van der Waals surface area contributed by atoms with Crippen LogP contribution in [0.15, 0.2) is 37.1 Å². The van der Waals surface area contributed by atoms with Crippen LogP contribution in [-0.2, 0) is 16.1 Å². The van der Waals surface area contributed by atoms with Crippen molar-refractivity contribution >= 4 is 5.97 Å². The maximum atomic E-state index is 11.0. The van der Waals surface area contributed by atoms with Gasteiger partial charge in [-0.15, -0.1) is 0 Å². The van der Waals surface area contributed by atoms with Gasteiger partial charge in [0.05, 0.1) is 19.0 Å². The van der Waals surface area contributed by atoms with E-state index in [1.165, 1.54) is 7.11 Å². The molecule has 19 heavy (non-hydrogen) atoms. The molecule has 2 aromatic rings. The highest BCUT2D eigenvalue weighted by atomic mass is 35.5. The van der Waals surface area contributed by atoms with Crippen molar-refractivity contribution in [3.63, 3.8) is 0 Å². The summed E-state index contributed by atoms with van der Waals surface area (Å²) in [6.07, 6.45) is 8.73. The van der Waals surface area contributed by atoms with Crippen LogP contribution >= 0.6 is 0 Å². The zero-order valence-corrected chi connectivity index (χ0v) is 11.1. The number of esters is 1. The monoisotopic (exact) mass is 280 g/mol. The third-order valence-electron chi connectivity index (χ3n) is 2.40. The van der Waals surface area contributed by atoms with E-state index in [0.29, 0.717) is 13.0 Å². The number of ether oxygens (including phenoxy) is 1. The van der Waals surface area contributed by atoms with Crippen molar-refractivity contribution in [3.05, 3.63) is 37.1 Å². The van der Waals surface area contributed by atoms with Crippen molar-refractivity contribution in [1.29, 1.82) is 0 Å². The third kappa shape index (κ3) is 4.26. The lowest BCUT2D eigenvalue weighted by atomic mass is 10.2. The van der Waals surface area contributed by atoms with Gasteiger partial charge >= 0.3 is 5.97 Å². The van der Waals surface area contributed by atoms with E-state index in [1.54, 1.807) is 35.7 Å². The molecule has 6 nitrogen and oxygen atoms in total. The Morgan fingerprint density at radius 1 is 1.37 bits per heavy atom. The molecule has 2 heterocycles. The molecule has 0 aliphatic carbocycles. The molecule has 0 atom stereocenters. The van der Waals surface area contributed by atoms with Crippen LogP contribution in [0.5, 0.6) is 0 Å². The Kier molecular flexibility index (Phi) is 5.81. The first-order valence-electron chi connectivity index (χ1n) is 5.48. The van der Waals surface area contributed by atoms with Gasteiger partial charge in [-0.05, 0) is 5.10 Å². The highest BCUT2D eigenvalue weighted by Gasteiger charge is 2.08. The minimum Gasteiger partial charge on any atom is -1.00 e. The van der Waals surface area contributed by atoms with Crippen LogP contribution in [0.3, 0.4) is 0 Å². The lowest BCUT2D eigenvalue weighted by Gasteiger charge is -1.98. The summed E-state index contributed by atoms with van der Waals surface area (Å²) >= 11 is 0. The van der Waals surface area contributed by atoms with E-state index in [9.17, 15) is 4.79 Å². The van der Waals surface area contributed by atoms with Crippen LogP contribution in [0.4, 0.5) is 0 Å². The van der Waals surface area contributed by atoms with E-state index < -0.39 is 0 Å². The second-order valence-electron chi connectivity index (χ2n) is 3.60. The van der Waals surface area contributed by atoms with Gasteiger partial charge in [-0.25, -0.2) is 0 Å². The maximum absolute atomic E-state index is 11.0. The van der Waals surface area contributed by atoms with Crippen molar-refractivity contribution < 1.29 is 26.6 Å². The highest BCUT2D eigenvalue weighted by molar-refractivity contribution is 5.68. The molecule has 0 saturated heterocycles. The summed E-state index contributed by atoms with van der Waals surface area (Å²) in [6, 6.07) is 1.88. The Morgan fingerprint density at radius 2 is 2.21 bits per heavy atom. The molecule has 0 aliphatic rings. The lowest BCUT2D eigenvalue weighted by Crippen LogP contribution is -3.00. The zero-order chi connectivity index (χ0) is 12.8. The summed E-state index contributed by atoms with van der Waals surface area (Å²) < 4.78 is 6.24. The van der Waals surface area contributed by atoms with E-state index in [-0.39, 0.29) is 18.4 Å². The smallest absolute Gasteiger partial charge is 0.312 e. The fourth-order valence-corrected chi connectivity index (χ4v) is 1.42. The number of carbonyl (C=O) groups is 1. The predicted molar refractivity (Wildman–Crippen MR) is 62.1 cm³/mol. The first kappa shape index (κ1) is 15.0. The molecule has 0 unspecified atom stereocenters. The summed E-state index contributed by atoms with van der Waals surface area (Å²) in [7, 11) is 1.37. The SMILES string of the molecule is COC(=O)CC[n+]1ccc(-c2cnccn2)cn1.[Cl-]. The molecule has 0 bridgehead atoms. The number of carbonyl (C=O) groups excluding carboxylic acids is 1. The van der Waals surface area contributed by atoms with Crippen molar-refractivity contribution in [2.75, 3.05) is 7.11 Å². The Labute approximate surface area is 116 Å². The van der Waals surface area contributed by atoms with Gasteiger partial charge in [0, 0.05) is 24.0 Å². The van der Waals surface area contributed by atoms with Crippen LogP contribution in [0.2, 0.25) is 0 Å². The van der Waals surface area contributed by atoms with Gasteiger partial charge in [-0.3, -0.25) is 14.8 Å². The van der Waals surface area contributed by atoms with E-state index >= 15 is 0 Å². The molecule has 0 amide bonds.